The van der Waals surface area contributed by atoms with E-state index in [0.717, 1.165) is 28.0 Å². The summed E-state index contributed by atoms with van der Waals surface area (Å²) in [7, 11) is 0. The molecule has 5 aromatic rings. The summed E-state index contributed by atoms with van der Waals surface area (Å²) < 4.78 is 13.9. The first-order valence-electron chi connectivity index (χ1n) is 12.0. The van der Waals surface area contributed by atoms with Gasteiger partial charge in [-0.3, -0.25) is 0 Å². The topological polar surface area (TPSA) is 43.6 Å². The maximum Gasteiger partial charge on any atom is 0.138 e. The lowest BCUT2D eigenvalue weighted by Crippen LogP contribution is -2.32. The van der Waals surface area contributed by atoms with E-state index in [4.69, 9.17) is 26.2 Å². The zero-order valence-electron chi connectivity index (χ0n) is 20.1. The number of hydrogen-bond donors (Lipinski definition) is 1. The van der Waals surface area contributed by atoms with Crippen LogP contribution in [0.15, 0.2) is 109 Å². The van der Waals surface area contributed by atoms with E-state index in [1.165, 1.54) is 5.39 Å². The summed E-state index contributed by atoms with van der Waals surface area (Å²) in [6, 6.07) is 34.6. The SMILES string of the molecule is CC(c1ccc(OCCO)cc1)(c1ccc(OCc2ccccc2)c(Cl)c1)n1ccc2ccccc21. The van der Waals surface area contributed by atoms with Crippen molar-refractivity contribution < 1.29 is 14.6 Å². The summed E-state index contributed by atoms with van der Waals surface area (Å²) in [5, 5.41) is 10.8. The van der Waals surface area contributed by atoms with E-state index in [2.05, 4.69) is 60.2 Å². The van der Waals surface area contributed by atoms with Gasteiger partial charge in [-0.15, -0.1) is 0 Å². The molecule has 0 radical (unpaired) electrons. The van der Waals surface area contributed by atoms with Crippen LogP contribution >= 0.6 is 11.6 Å². The van der Waals surface area contributed by atoms with Crippen molar-refractivity contribution in [2.45, 2.75) is 19.1 Å². The second-order valence-corrected chi connectivity index (χ2v) is 9.24. The first kappa shape index (κ1) is 24.0. The maximum absolute atomic E-state index is 9.09. The van der Waals surface area contributed by atoms with Gasteiger partial charge in [-0.1, -0.05) is 78.3 Å². The first-order valence-corrected chi connectivity index (χ1v) is 12.3. The molecule has 1 N–H and O–H groups in total. The van der Waals surface area contributed by atoms with Gasteiger partial charge >= 0.3 is 0 Å². The summed E-state index contributed by atoms with van der Waals surface area (Å²) >= 11 is 6.77. The molecule has 36 heavy (non-hydrogen) atoms. The Morgan fingerprint density at radius 2 is 1.53 bits per heavy atom. The zero-order chi connectivity index (χ0) is 25.0. The van der Waals surface area contributed by atoms with Crippen molar-refractivity contribution in [3.63, 3.8) is 0 Å². The lowest BCUT2D eigenvalue weighted by Gasteiger charge is -2.34. The van der Waals surface area contributed by atoms with Gasteiger partial charge < -0.3 is 19.1 Å². The molecule has 0 aliphatic heterocycles. The molecule has 5 rings (SSSR count). The molecule has 1 heterocycles. The van der Waals surface area contributed by atoms with Gasteiger partial charge in [0, 0.05) is 11.7 Å². The number of nitrogens with zero attached hydrogens (tertiary/aromatic N) is 1. The van der Waals surface area contributed by atoms with Crippen molar-refractivity contribution in [3.8, 4) is 11.5 Å². The fourth-order valence-electron chi connectivity index (χ4n) is 4.61. The fraction of sp³-hybridized carbons (Fsp3) is 0.161. The molecule has 0 saturated carbocycles. The molecule has 182 valence electrons. The normalized spacial score (nSPS) is 12.9. The molecular formula is C31H28ClNO3. The zero-order valence-corrected chi connectivity index (χ0v) is 20.9. The van der Waals surface area contributed by atoms with Crippen molar-refractivity contribution in [3.05, 3.63) is 131 Å². The van der Waals surface area contributed by atoms with Gasteiger partial charge in [0.15, 0.2) is 0 Å². The number of aliphatic hydroxyl groups is 1. The highest BCUT2D eigenvalue weighted by molar-refractivity contribution is 6.32. The average molecular weight is 498 g/mol. The van der Waals surface area contributed by atoms with E-state index in [9.17, 15) is 0 Å². The third-order valence-electron chi connectivity index (χ3n) is 6.59. The number of halogens is 1. The molecule has 0 aliphatic rings. The van der Waals surface area contributed by atoms with Crippen molar-refractivity contribution in [2.24, 2.45) is 0 Å². The number of aromatic nitrogens is 1. The first-order chi connectivity index (χ1) is 17.6. The predicted molar refractivity (Wildman–Crippen MR) is 145 cm³/mol. The summed E-state index contributed by atoms with van der Waals surface area (Å²) in [5.41, 5.74) is 3.77. The van der Waals surface area contributed by atoms with E-state index < -0.39 is 5.54 Å². The number of benzene rings is 4. The Hall–Kier alpha value is -3.73. The molecule has 4 nitrogen and oxygen atoms in total. The number of aliphatic hydroxyl groups excluding tert-OH is 1. The monoisotopic (exact) mass is 497 g/mol. The standard InChI is InChI=1S/C31H28ClNO3/c1-31(25-11-14-27(15-12-25)35-20-19-34,33-18-17-24-9-5-6-10-29(24)33)26-13-16-30(28(32)21-26)36-22-23-7-3-2-4-8-23/h2-18,21,34H,19-20,22H2,1H3. The Labute approximate surface area is 216 Å². The Balaban J connectivity index is 1.55. The van der Waals surface area contributed by atoms with Crippen LogP contribution in [0.3, 0.4) is 0 Å². The summed E-state index contributed by atoms with van der Waals surface area (Å²) in [6.45, 7) is 2.89. The predicted octanol–water partition coefficient (Wildman–Crippen LogP) is 7.06. The highest BCUT2D eigenvalue weighted by Gasteiger charge is 2.32. The van der Waals surface area contributed by atoms with Gasteiger partial charge in [-0.05, 0) is 65.4 Å². The number of fused-ring (bicyclic) bond motifs is 1. The van der Waals surface area contributed by atoms with Crippen molar-refractivity contribution >= 4 is 22.5 Å². The van der Waals surface area contributed by atoms with Crippen LogP contribution in [0.4, 0.5) is 0 Å². The molecule has 1 atom stereocenters. The molecular weight excluding hydrogens is 470 g/mol. The number of ether oxygens (including phenoxy) is 2. The maximum atomic E-state index is 9.09. The molecule has 0 spiro atoms. The highest BCUT2D eigenvalue weighted by Crippen LogP contribution is 2.40. The molecule has 0 bridgehead atoms. The number of para-hydroxylation sites is 1. The van der Waals surface area contributed by atoms with E-state index in [1.54, 1.807) is 0 Å². The lowest BCUT2D eigenvalue weighted by atomic mass is 9.84. The van der Waals surface area contributed by atoms with Crippen LogP contribution in [0.5, 0.6) is 11.5 Å². The molecule has 4 aromatic carbocycles. The van der Waals surface area contributed by atoms with Crippen LogP contribution in [0.2, 0.25) is 5.02 Å². The molecule has 5 heteroatoms. The smallest absolute Gasteiger partial charge is 0.138 e. The second-order valence-electron chi connectivity index (χ2n) is 8.83. The minimum atomic E-state index is -0.555. The van der Waals surface area contributed by atoms with Gasteiger partial charge in [-0.2, -0.15) is 0 Å². The molecule has 1 aromatic heterocycles. The quantitative estimate of drug-likeness (QED) is 0.237. The Morgan fingerprint density at radius 3 is 2.28 bits per heavy atom. The van der Waals surface area contributed by atoms with Gasteiger partial charge in [0.25, 0.3) is 0 Å². The van der Waals surface area contributed by atoms with Gasteiger partial charge in [0.2, 0.25) is 0 Å². The summed E-state index contributed by atoms with van der Waals surface area (Å²) in [6.07, 6.45) is 2.12. The lowest BCUT2D eigenvalue weighted by molar-refractivity contribution is 0.201. The van der Waals surface area contributed by atoms with Crippen LogP contribution in [0.25, 0.3) is 10.9 Å². The van der Waals surface area contributed by atoms with Crippen LogP contribution in [-0.4, -0.2) is 22.9 Å². The fourth-order valence-corrected chi connectivity index (χ4v) is 4.85. The third kappa shape index (κ3) is 4.70. The van der Waals surface area contributed by atoms with Gasteiger partial charge in [0.1, 0.15) is 24.7 Å². The van der Waals surface area contributed by atoms with E-state index in [1.807, 2.05) is 60.7 Å². The van der Waals surface area contributed by atoms with E-state index in [0.29, 0.717) is 17.4 Å². The van der Waals surface area contributed by atoms with Gasteiger partial charge in [0.05, 0.1) is 17.2 Å². The second kappa shape index (κ2) is 10.5. The Morgan fingerprint density at radius 1 is 0.806 bits per heavy atom. The Bertz CT molecular complexity index is 1450. The van der Waals surface area contributed by atoms with Crippen LogP contribution < -0.4 is 9.47 Å². The van der Waals surface area contributed by atoms with Crippen LogP contribution in [0, 0.1) is 0 Å². The molecule has 0 saturated heterocycles. The third-order valence-corrected chi connectivity index (χ3v) is 6.88. The van der Waals surface area contributed by atoms with Gasteiger partial charge in [-0.25, -0.2) is 0 Å². The largest absolute Gasteiger partial charge is 0.491 e. The van der Waals surface area contributed by atoms with Crippen molar-refractivity contribution in [2.75, 3.05) is 13.2 Å². The number of rotatable bonds is 9. The summed E-state index contributed by atoms with van der Waals surface area (Å²) in [5.74, 6) is 1.37. The van der Waals surface area contributed by atoms with Crippen LogP contribution in [-0.2, 0) is 12.1 Å². The average Bonchev–Trinajstić information content (AvgIpc) is 3.36. The Kier molecular flexibility index (Phi) is 6.99. The highest BCUT2D eigenvalue weighted by atomic mass is 35.5. The molecule has 0 fully saturated rings. The molecule has 1 unspecified atom stereocenters. The van der Waals surface area contributed by atoms with Crippen LogP contribution in [0.1, 0.15) is 23.6 Å². The summed E-state index contributed by atoms with van der Waals surface area (Å²) in [4.78, 5) is 0. The molecule has 0 amide bonds. The van der Waals surface area contributed by atoms with Crippen molar-refractivity contribution in [1.29, 1.82) is 0 Å². The minimum absolute atomic E-state index is 0.0218. The van der Waals surface area contributed by atoms with Crippen molar-refractivity contribution in [1.82, 2.24) is 4.57 Å². The van der Waals surface area contributed by atoms with E-state index in [-0.39, 0.29) is 13.2 Å². The minimum Gasteiger partial charge on any atom is -0.491 e. The van der Waals surface area contributed by atoms with E-state index >= 15 is 0 Å². The molecule has 0 aliphatic carbocycles. The number of hydrogen-bond acceptors (Lipinski definition) is 3.